The number of amides is 2. The first-order chi connectivity index (χ1) is 13.7. The minimum absolute atomic E-state index is 0.0391. The number of nitrogens with one attached hydrogen (secondary N) is 1. The van der Waals surface area contributed by atoms with Gasteiger partial charge in [-0.2, -0.15) is 11.8 Å². The molecule has 4 rings (SSSR count). The highest BCUT2D eigenvalue weighted by Crippen LogP contribution is 2.23. The molecule has 3 fully saturated rings. The van der Waals surface area contributed by atoms with Gasteiger partial charge in [0.2, 0.25) is 11.8 Å². The van der Waals surface area contributed by atoms with Crippen molar-refractivity contribution in [2.24, 2.45) is 0 Å². The zero-order valence-corrected chi connectivity index (χ0v) is 17.3. The van der Waals surface area contributed by atoms with E-state index in [1.54, 1.807) is 0 Å². The number of anilines is 2. The average molecular weight is 403 g/mol. The summed E-state index contributed by atoms with van der Waals surface area (Å²) in [5.74, 6) is 2.21. The van der Waals surface area contributed by atoms with Crippen molar-refractivity contribution in [1.29, 1.82) is 0 Å². The lowest BCUT2D eigenvalue weighted by Crippen LogP contribution is -2.49. The summed E-state index contributed by atoms with van der Waals surface area (Å²) in [6.45, 7) is 5.01. The van der Waals surface area contributed by atoms with Crippen molar-refractivity contribution >= 4 is 35.0 Å². The molecular weight excluding hydrogens is 372 g/mol. The van der Waals surface area contributed by atoms with E-state index in [0.717, 1.165) is 62.8 Å². The highest BCUT2D eigenvalue weighted by Gasteiger charge is 2.35. The molecule has 152 valence electrons. The van der Waals surface area contributed by atoms with Crippen LogP contribution in [0.1, 0.15) is 25.7 Å². The number of carbonyl (C=O) groups is 2. The SMILES string of the molecule is O=C(CN1CCCC1C(=O)N1CCSCC1)Nc1ccc(N2CCCC2)cc1. The summed E-state index contributed by atoms with van der Waals surface area (Å²) in [6.07, 6.45) is 4.35. The standard InChI is InChI=1S/C21H30N4O2S/c26-20(22-17-5-7-18(8-6-17)23-9-1-2-10-23)16-25-11-3-4-19(25)21(27)24-12-14-28-15-13-24/h5-8,19H,1-4,9-16H2,(H,22,26). The van der Waals surface area contributed by atoms with Gasteiger partial charge in [0.1, 0.15) is 0 Å². The zero-order valence-electron chi connectivity index (χ0n) is 16.4. The Morgan fingerprint density at radius 2 is 1.68 bits per heavy atom. The molecule has 0 aliphatic carbocycles. The minimum atomic E-state index is -0.133. The van der Waals surface area contributed by atoms with E-state index in [2.05, 4.69) is 27.2 Å². The largest absolute Gasteiger partial charge is 0.372 e. The van der Waals surface area contributed by atoms with Gasteiger partial charge in [-0.3, -0.25) is 14.5 Å². The summed E-state index contributed by atoms with van der Waals surface area (Å²) >= 11 is 1.91. The van der Waals surface area contributed by atoms with Crippen molar-refractivity contribution in [3.05, 3.63) is 24.3 Å². The van der Waals surface area contributed by atoms with E-state index in [-0.39, 0.29) is 24.4 Å². The van der Waals surface area contributed by atoms with Crippen LogP contribution in [0.4, 0.5) is 11.4 Å². The summed E-state index contributed by atoms with van der Waals surface area (Å²) in [7, 11) is 0. The molecule has 1 aromatic rings. The van der Waals surface area contributed by atoms with Crippen LogP contribution in [0.15, 0.2) is 24.3 Å². The molecule has 0 spiro atoms. The average Bonchev–Trinajstić information content (AvgIpc) is 3.41. The van der Waals surface area contributed by atoms with Gasteiger partial charge in [0.15, 0.2) is 0 Å². The fourth-order valence-electron chi connectivity index (χ4n) is 4.41. The first-order valence-corrected chi connectivity index (χ1v) is 11.6. The molecule has 0 radical (unpaired) electrons. The van der Waals surface area contributed by atoms with Gasteiger partial charge in [0.05, 0.1) is 12.6 Å². The molecule has 3 aliphatic rings. The van der Waals surface area contributed by atoms with Crippen LogP contribution in [0, 0.1) is 0 Å². The van der Waals surface area contributed by atoms with Crippen LogP contribution in [0.3, 0.4) is 0 Å². The second-order valence-electron chi connectivity index (χ2n) is 7.86. The quantitative estimate of drug-likeness (QED) is 0.819. The second kappa shape index (κ2) is 9.18. The van der Waals surface area contributed by atoms with Crippen LogP contribution in [-0.2, 0) is 9.59 Å². The maximum absolute atomic E-state index is 12.9. The van der Waals surface area contributed by atoms with Gasteiger partial charge in [-0.15, -0.1) is 0 Å². The predicted molar refractivity (Wildman–Crippen MR) is 115 cm³/mol. The van der Waals surface area contributed by atoms with E-state index >= 15 is 0 Å². The van der Waals surface area contributed by atoms with Gasteiger partial charge in [-0.1, -0.05) is 0 Å². The van der Waals surface area contributed by atoms with E-state index in [1.165, 1.54) is 18.5 Å². The molecule has 2 amide bonds. The van der Waals surface area contributed by atoms with Gasteiger partial charge in [0, 0.05) is 49.1 Å². The molecule has 0 bridgehead atoms. The van der Waals surface area contributed by atoms with E-state index < -0.39 is 0 Å². The molecule has 0 saturated carbocycles. The Hall–Kier alpha value is -1.73. The summed E-state index contributed by atoms with van der Waals surface area (Å²) in [4.78, 5) is 31.8. The Morgan fingerprint density at radius 3 is 2.39 bits per heavy atom. The monoisotopic (exact) mass is 402 g/mol. The van der Waals surface area contributed by atoms with Crippen molar-refractivity contribution in [3.8, 4) is 0 Å². The molecule has 3 aliphatic heterocycles. The third-order valence-electron chi connectivity index (χ3n) is 5.94. The van der Waals surface area contributed by atoms with Crippen molar-refractivity contribution in [2.45, 2.75) is 31.7 Å². The predicted octanol–water partition coefficient (Wildman–Crippen LogP) is 2.27. The number of carbonyl (C=O) groups excluding carboxylic acids is 2. The summed E-state index contributed by atoms with van der Waals surface area (Å²) < 4.78 is 0. The lowest BCUT2D eigenvalue weighted by atomic mass is 10.2. The van der Waals surface area contributed by atoms with Crippen molar-refractivity contribution in [1.82, 2.24) is 9.80 Å². The van der Waals surface area contributed by atoms with Gasteiger partial charge in [-0.25, -0.2) is 0 Å². The van der Waals surface area contributed by atoms with Crippen LogP contribution in [0.25, 0.3) is 0 Å². The normalized spacial score (nSPS) is 23.2. The highest BCUT2D eigenvalue weighted by atomic mass is 32.2. The number of hydrogen-bond acceptors (Lipinski definition) is 5. The number of likely N-dealkylation sites (tertiary alicyclic amines) is 1. The minimum Gasteiger partial charge on any atom is -0.372 e. The van der Waals surface area contributed by atoms with E-state index in [9.17, 15) is 9.59 Å². The van der Waals surface area contributed by atoms with E-state index in [4.69, 9.17) is 0 Å². The molecule has 7 heteroatoms. The summed E-state index contributed by atoms with van der Waals surface area (Å²) in [5, 5.41) is 3.00. The van der Waals surface area contributed by atoms with Crippen molar-refractivity contribution in [3.63, 3.8) is 0 Å². The first-order valence-electron chi connectivity index (χ1n) is 10.5. The van der Waals surface area contributed by atoms with Crippen LogP contribution in [0.5, 0.6) is 0 Å². The highest BCUT2D eigenvalue weighted by molar-refractivity contribution is 7.99. The van der Waals surface area contributed by atoms with Crippen LogP contribution in [-0.4, -0.2) is 78.4 Å². The van der Waals surface area contributed by atoms with Crippen LogP contribution in [0.2, 0.25) is 0 Å². The third kappa shape index (κ3) is 4.63. The van der Waals surface area contributed by atoms with Crippen molar-refractivity contribution in [2.75, 3.05) is 61.0 Å². The number of benzene rings is 1. The Bertz CT molecular complexity index is 684. The molecule has 28 heavy (non-hydrogen) atoms. The van der Waals surface area contributed by atoms with Crippen molar-refractivity contribution < 1.29 is 9.59 Å². The molecule has 0 aromatic heterocycles. The van der Waals surface area contributed by atoms with Crippen LogP contribution < -0.4 is 10.2 Å². The molecule has 3 heterocycles. The summed E-state index contributed by atoms with van der Waals surface area (Å²) in [6, 6.07) is 7.98. The molecule has 1 unspecified atom stereocenters. The topological polar surface area (TPSA) is 55.9 Å². The maximum Gasteiger partial charge on any atom is 0.239 e. The second-order valence-corrected chi connectivity index (χ2v) is 9.08. The van der Waals surface area contributed by atoms with Gasteiger partial charge >= 0.3 is 0 Å². The third-order valence-corrected chi connectivity index (χ3v) is 6.88. The number of hydrogen-bond donors (Lipinski definition) is 1. The van der Waals surface area contributed by atoms with Gasteiger partial charge in [0.25, 0.3) is 0 Å². The smallest absolute Gasteiger partial charge is 0.239 e. The Labute approximate surface area is 171 Å². The molecule has 6 nitrogen and oxygen atoms in total. The van der Waals surface area contributed by atoms with Gasteiger partial charge < -0.3 is 15.1 Å². The van der Waals surface area contributed by atoms with Gasteiger partial charge in [-0.05, 0) is 56.5 Å². The molecule has 1 atom stereocenters. The van der Waals surface area contributed by atoms with E-state index in [1.807, 2.05) is 28.8 Å². The fourth-order valence-corrected chi connectivity index (χ4v) is 5.31. The number of thioether (sulfide) groups is 1. The molecular formula is C21H30N4O2S. The van der Waals surface area contributed by atoms with Crippen LogP contribution >= 0.6 is 11.8 Å². The Kier molecular flexibility index (Phi) is 6.42. The number of nitrogens with zero attached hydrogens (tertiary/aromatic N) is 3. The Balaban J connectivity index is 1.30. The fraction of sp³-hybridized carbons (Fsp3) is 0.619. The molecule has 1 aromatic carbocycles. The molecule has 1 N–H and O–H groups in total. The maximum atomic E-state index is 12.9. The first kappa shape index (κ1) is 19.6. The Morgan fingerprint density at radius 1 is 0.964 bits per heavy atom. The number of rotatable bonds is 5. The molecule has 3 saturated heterocycles. The lowest BCUT2D eigenvalue weighted by Gasteiger charge is -2.32. The zero-order chi connectivity index (χ0) is 19.3. The lowest BCUT2D eigenvalue weighted by molar-refractivity contribution is -0.136. The summed E-state index contributed by atoms with van der Waals surface area (Å²) in [5.41, 5.74) is 2.04. The van der Waals surface area contributed by atoms with E-state index in [0.29, 0.717) is 0 Å².